The molecule has 1 heterocycles. The maximum atomic E-state index is 13.5. The van der Waals surface area contributed by atoms with E-state index in [1.165, 1.54) is 51.7 Å². The van der Waals surface area contributed by atoms with Gasteiger partial charge in [0.1, 0.15) is 17.7 Å². The largest absolute Gasteiger partial charge is 0.340 e. The van der Waals surface area contributed by atoms with Crippen LogP contribution in [0.2, 0.25) is 0 Å². The molecule has 0 radical (unpaired) electrons. The van der Waals surface area contributed by atoms with Crippen LogP contribution < -0.4 is 5.32 Å². The van der Waals surface area contributed by atoms with Gasteiger partial charge in [0.25, 0.3) is 5.91 Å². The van der Waals surface area contributed by atoms with E-state index in [2.05, 4.69) is 5.32 Å². The fourth-order valence-corrected chi connectivity index (χ4v) is 4.92. The first-order chi connectivity index (χ1) is 15.1. The topological polar surface area (TPSA) is 86.8 Å². The zero-order valence-electron chi connectivity index (χ0n) is 17.8. The first-order valence-corrected chi connectivity index (χ1v) is 11.6. The highest BCUT2D eigenvalue weighted by Gasteiger charge is 2.34. The van der Waals surface area contributed by atoms with Crippen LogP contribution in [0.25, 0.3) is 0 Å². The maximum Gasteiger partial charge on any atom is 0.251 e. The van der Waals surface area contributed by atoms with Gasteiger partial charge in [-0.05, 0) is 48.4 Å². The highest BCUT2D eigenvalue weighted by molar-refractivity contribution is 7.89. The second-order valence-corrected chi connectivity index (χ2v) is 9.83. The second-order valence-electron chi connectivity index (χ2n) is 7.89. The van der Waals surface area contributed by atoms with Gasteiger partial charge in [-0.15, -0.1) is 0 Å². The van der Waals surface area contributed by atoms with E-state index in [1.54, 1.807) is 13.8 Å². The molecule has 1 saturated heterocycles. The van der Waals surface area contributed by atoms with Crippen molar-refractivity contribution in [2.45, 2.75) is 24.8 Å². The van der Waals surface area contributed by atoms with Gasteiger partial charge in [0.2, 0.25) is 15.9 Å². The first kappa shape index (κ1) is 23.8. The first-order valence-electron chi connectivity index (χ1n) is 10.2. The monoisotopic (exact) mass is 465 g/mol. The summed E-state index contributed by atoms with van der Waals surface area (Å²) in [4.78, 5) is 26.9. The third-order valence-corrected chi connectivity index (χ3v) is 7.20. The van der Waals surface area contributed by atoms with Gasteiger partial charge in [-0.3, -0.25) is 9.59 Å². The van der Waals surface area contributed by atoms with E-state index in [1.807, 2.05) is 0 Å². The summed E-state index contributed by atoms with van der Waals surface area (Å²) < 4.78 is 53.3. The molecule has 0 spiro atoms. The van der Waals surface area contributed by atoms with Crippen LogP contribution in [0.1, 0.15) is 24.2 Å². The zero-order chi connectivity index (χ0) is 23.5. The Morgan fingerprint density at radius 3 is 2.12 bits per heavy atom. The molecule has 1 atom stereocenters. The summed E-state index contributed by atoms with van der Waals surface area (Å²) in [7, 11) is -3.87. The Morgan fingerprint density at radius 1 is 0.938 bits per heavy atom. The van der Waals surface area contributed by atoms with Crippen molar-refractivity contribution >= 4 is 21.8 Å². The van der Waals surface area contributed by atoms with Crippen molar-refractivity contribution in [1.82, 2.24) is 14.5 Å². The summed E-state index contributed by atoms with van der Waals surface area (Å²) in [6.07, 6.45) is 0. The molecule has 10 heteroatoms. The molecule has 2 amide bonds. The molecular weight excluding hydrogens is 440 g/mol. The van der Waals surface area contributed by atoms with Gasteiger partial charge in [-0.1, -0.05) is 19.9 Å². The van der Waals surface area contributed by atoms with Crippen molar-refractivity contribution in [3.05, 3.63) is 65.7 Å². The number of benzene rings is 2. The van der Waals surface area contributed by atoms with Crippen LogP contribution in [-0.4, -0.2) is 61.7 Å². The summed E-state index contributed by atoms with van der Waals surface area (Å²) in [6, 6.07) is 8.98. The van der Waals surface area contributed by atoms with Gasteiger partial charge >= 0.3 is 0 Å². The molecule has 7 nitrogen and oxygen atoms in total. The lowest BCUT2D eigenvalue weighted by atomic mass is 10.0. The summed E-state index contributed by atoms with van der Waals surface area (Å²) in [5, 5.41) is 2.70. The number of rotatable bonds is 6. The van der Waals surface area contributed by atoms with Gasteiger partial charge in [-0.2, -0.15) is 4.31 Å². The van der Waals surface area contributed by atoms with Crippen molar-refractivity contribution in [2.75, 3.05) is 26.2 Å². The van der Waals surface area contributed by atoms with E-state index in [-0.39, 0.29) is 48.5 Å². The number of nitrogens with zero attached hydrogens (tertiary/aromatic N) is 2. The predicted molar refractivity (Wildman–Crippen MR) is 114 cm³/mol. The maximum absolute atomic E-state index is 13.5. The molecule has 1 unspecified atom stereocenters. The minimum atomic E-state index is -3.87. The molecule has 0 bridgehead atoms. The number of carbonyl (C=O) groups is 2. The molecule has 0 aliphatic carbocycles. The predicted octanol–water partition coefficient (Wildman–Crippen LogP) is 2.25. The Labute approximate surface area is 186 Å². The zero-order valence-corrected chi connectivity index (χ0v) is 18.6. The number of sulfonamides is 1. The van der Waals surface area contributed by atoms with E-state index in [0.29, 0.717) is 0 Å². The van der Waals surface area contributed by atoms with Crippen LogP contribution in [0.15, 0.2) is 53.4 Å². The lowest BCUT2D eigenvalue weighted by molar-refractivity contribution is -0.135. The van der Waals surface area contributed by atoms with Crippen molar-refractivity contribution < 1.29 is 26.8 Å². The van der Waals surface area contributed by atoms with Crippen molar-refractivity contribution in [2.24, 2.45) is 5.92 Å². The SMILES string of the molecule is CC(C)C(NC(=O)c1ccc(F)cc1)C(=O)N1CCN(S(=O)(=O)c2cccc(F)c2)CC1. The average Bonchev–Trinajstić information content (AvgIpc) is 2.77. The average molecular weight is 466 g/mol. The minimum absolute atomic E-state index is 0.0569. The molecule has 3 rings (SSSR count). The van der Waals surface area contributed by atoms with Crippen LogP contribution >= 0.6 is 0 Å². The molecule has 1 aliphatic heterocycles. The summed E-state index contributed by atoms with van der Waals surface area (Å²) in [5.74, 6) is -2.15. The molecular formula is C22H25F2N3O4S. The number of hydrogen-bond acceptors (Lipinski definition) is 4. The van der Waals surface area contributed by atoms with Gasteiger partial charge in [0, 0.05) is 31.7 Å². The van der Waals surface area contributed by atoms with Crippen molar-refractivity contribution in [3.8, 4) is 0 Å². The number of amides is 2. The summed E-state index contributed by atoms with van der Waals surface area (Å²) in [6.45, 7) is 3.98. The Hall–Kier alpha value is -2.85. The molecule has 1 aliphatic rings. The third-order valence-electron chi connectivity index (χ3n) is 5.31. The standard InChI is InChI=1S/C22H25F2N3O4S/c1-15(2)20(25-21(28)16-6-8-17(23)9-7-16)22(29)26-10-12-27(13-11-26)32(30,31)19-5-3-4-18(24)14-19/h3-9,14-15,20H,10-13H2,1-2H3,(H,25,28). The van der Waals surface area contributed by atoms with Crippen LogP contribution in [0.5, 0.6) is 0 Å². The highest BCUT2D eigenvalue weighted by atomic mass is 32.2. The quantitative estimate of drug-likeness (QED) is 0.709. The van der Waals surface area contributed by atoms with E-state index in [4.69, 9.17) is 0 Å². The summed E-state index contributed by atoms with van der Waals surface area (Å²) >= 11 is 0. The van der Waals surface area contributed by atoms with Crippen molar-refractivity contribution in [3.63, 3.8) is 0 Å². The molecule has 1 N–H and O–H groups in total. The Morgan fingerprint density at radius 2 is 1.56 bits per heavy atom. The second kappa shape index (κ2) is 9.74. The Bertz CT molecular complexity index is 1080. The van der Waals surface area contributed by atoms with Crippen LogP contribution in [0.4, 0.5) is 8.78 Å². The molecule has 1 fully saturated rings. The van der Waals surface area contributed by atoms with Gasteiger partial charge in [-0.25, -0.2) is 17.2 Å². The molecule has 0 aromatic heterocycles. The lowest BCUT2D eigenvalue weighted by Gasteiger charge is -2.36. The number of hydrogen-bond donors (Lipinski definition) is 1. The summed E-state index contributed by atoms with van der Waals surface area (Å²) in [5.41, 5.74) is 0.232. The lowest BCUT2D eigenvalue weighted by Crippen LogP contribution is -2.57. The van der Waals surface area contributed by atoms with Gasteiger partial charge in [0.05, 0.1) is 4.90 Å². The molecule has 172 valence electrons. The fraction of sp³-hybridized carbons (Fsp3) is 0.364. The number of piperazine rings is 1. The third kappa shape index (κ3) is 5.31. The minimum Gasteiger partial charge on any atom is -0.340 e. The smallest absolute Gasteiger partial charge is 0.251 e. The molecule has 2 aromatic rings. The molecule has 2 aromatic carbocycles. The molecule has 0 saturated carbocycles. The Balaban J connectivity index is 1.65. The van der Waals surface area contributed by atoms with Crippen LogP contribution in [-0.2, 0) is 14.8 Å². The van der Waals surface area contributed by atoms with E-state index in [0.717, 1.165) is 6.07 Å². The van der Waals surface area contributed by atoms with E-state index in [9.17, 15) is 26.8 Å². The number of halogens is 2. The van der Waals surface area contributed by atoms with Gasteiger partial charge < -0.3 is 10.2 Å². The number of carbonyl (C=O) groups excluding carboxylic acids is 2. The van der Waals surface area contributed by atoms with Crippen LogP contribution in [0, 0.1) is 17.6 Å². The number of nitrogens with one attached hydrogen (secondary N) is 1. The highest BCUT2D eigenvalue weighted by Crippen LogP contribution is 2.19. The normalized spacial score (nSPS) is 16.1. The van der Waals surface area contributed by atoms with E-state index >= 15 is 0 Å². The fourth-order valence-electron chi connectivity index (χ4n) is 3.46. The molecule has 32 heavy (non-hydrogen) atoms. The van der Waals surface area contributed by atoms with Gasteiger partial charge in [0.15, 0.2) is 0 Å². The van der Waals surface area contributed by atoms with Crippen molar-refractivity contribution in [1.29, 1.82) is 0 Å². The van der Waals surface area contributed by atoms with Crippen LogP contribution in [0.3, 0.4) is 0 Å². The Kier molecular flexibility index (Phi) is 7.25. The van der Waals surface area contributed by atoms with E-state index < -0.39 is 33.6 Å².